The number of halogens is 4. The molecule has 0 N–H and O–H groups in total. The number of allylic oxidation sites excluding steroid dienone is 1. The smallest absolute Gasteiger partial charge is 0.352 e. The summed E-state index contributed by atoms with van der Waals surface area (Å²) in [6.45, 7) is 0. The Bertz CT molecular complexity index is 467. The molecule has 2 aliphatic carbocycles. The Morgan fingerprint density at radius 3 is 2.38 bits per heavy atom. The zero-order chi connectivity index (χ0) is 11.7. The maximum Gasteiger partial charge on any atom is 0.352 e. The van der Waals surface area contributed by atoms with Crippen molar-refractivity contribution in [3.05, 3.63) is 20.7 Å². The van der Waals surface area contributed by atoms with Crippen LogP contribution in [0.25, 0.3) is 0 Å². The molecule has 2 nitrogen and oxygen atoms in total. The van der Waals surface area contributed by atoms with Gasteiger partial charge in [-0.25, -0.2) is 4.79 Å². The predicted molar refractivity (Wildman–Crippen MR) is 62.5 cm³/mol. The lowest BCUT2D eigenvalue weighted by atomic mass is 9.65. The van der Waals surface area contributed by atoms with E-state index < -0.39 is 11.0 Å². The van der Waals surface area contributed by atoms with Gasteiger partial charge < -0.3 is 4.74 Å². The summed E-state index contributed by atoms with van der Waals surface area (Å²) in [5.41, 5.74) is 0.589. The van der Waals surface area contributed by atoms with Gasteiger partial charge in [-0.15, -0.1) is 0 Å². The van der Waals surface area contributed by atoms with Crippen LogP contribution >= 0.6 is 46.4 Å². The van der Waals surface area contributed by atoms with Gasteiger partial charge in [0.25, 0.3) is 0 Å². The maximum atomic E-state index is 11.5. The number of alkyl halides is 1. The van der Waals surface area contributed by atoms with Gasteiger partial charge in [0.15, 0.2) is 0 Å². The van der Waals surface area contributed by atoms with Crippen LogP contribution in [0, 0.1) is 11.8 Å². The Labute approximate surface area is 112 Å². The monoisotopic (exact) mass is 298 g/mol. The second-order valence-electron chi connectivity index (χ2n) is 4.16. The van der Waals surface area contributed by atoms with Gasteiger partial charge in [0.05, 0.1) is 5.03 Å². The molecule has 1 unspecified atom stereocenters. The van der Waals surface area contributed by atoms with Crippen molar-refractivity contribution in [3.63, 3.8) is 0 Å². The largest absolute Gasteiger partial charge is 0.429 e. The number of carbonyl (C=O) groups is 1. The van der Waals surface area contributed by atoms with E-state index in [1.807, 2.05) is 0 Å². The second kappa shape index (κ2) is 3.32. The van der Waals surface area contributed by atoms with Gasteiger partial charge in [0, 0.05) is 16.5 Å². The van der Waals surface area contributed by atoms with E-state index in [0.29, 0.717) is 10.6 Å². The highest BCUT2D eigenvalue weighted by atomic mass is 35.5. The number of fused-ring (bicyclic) bond motifs is 3. The molecule has 86 valence electrons. The molecule has 0 saturated heterocycles. The van der Waals surface area contributed by atoms with E-state index in [1.54, 1.807) is 0 Å². The number of hydrogen-bond acceptors (Lipinski definition) is 2. The first-order chi connectivity index (χ1) is 7.47. The van der Waals surface area contributed by atoms with E-state index in [4.69, 9.17) is 51.1 Å². The summed E-state index contributed by atoms with van der Waals surface area (Å²) >= 11 is 24.4. The van der Waals surface area contributed by atoms with Crippen molar-refractivity contribution in [2.24, 2.45) is 11.8 Å². The highest BCUT2D eigenvalue weighted by Gasteiger charge is 2.59. The van der Waals surface area contributed by atoms with Crippen molar-refractivity contribution in [2.75, 3.05) is 0 Å². The third-order valence-electron chi connectivity index (χ3n) is 3.46. The second-order valence-corrected chi connectivity index (χ2v) is 5.86. The Morgan fingerprint density at radius 1 is 1.19 bits per heavy atom. The Balaban J connectivity index is 2.24. The summed E-state index contributed by atoms with van der Waals surface area (Å²) in [6.07, 6.45) is 1.84. The van der Waals surface area contributed by atoms with Gasteiger partial charge in [-0.2, -0.15) is 0 Å². The van der Waals surface area contributed by atoms with Gasteiger partial charge in [-0.3, -0.25) is 0 Å². The number of ether oxygens (including phenoxy) is 1. The fourth-order valence-corrected chi connectivity index (χ4v) is 4.00. The minimum Gasteiger partial charge on any atom is -0.429 e. The molecule has 0 amide bonds. The number of hydrogen-bond donors (Lipinski definition) is 0. The van der Waals surface area contributed by atoms with E-state index >= 15 is 0 Å². The molecule has 0 radical (unpaired) electrons. The Morgan fingerprint density at radius 2 is 1.81 bits per heavy atom. The van der Waals surface area contributed by atoms with Crippen molar-refractivity contribution < 1.29 is 9.53 Å². The normalized spacial score (nSPS) is 41.6. The Hall–Kier alpha value is 0.110. The summed E-state index contributed by atoms with van der Waals surface area (Å²) in [5.74, 6) is -0.396. The lowest BCUT2D eigenvalue weighted by molar-refractivity contribution is -0.139. The van der Waals surface area contributed by atoms with Crippen LogP contribution in [0.4, 0.5) is 0 Å². The van der Waals surface area contributed by atoms with Crippen LogP contribution in [0.15, 0.2) is 20.7 Å². The molecule has 1 saturated carbocycles. The fourth-order valence-electron chi connectivity index (χ4n) is 2.51. The summed E-state index contributed by atoms with van der Waals surface area (Å²) in [5, 5.41) is -0.715. The molecule has 0 bridgehead atoms. The first kappa shape index (κ1) is 11.2. The van der Waals surface area contributed by atoms with Crippen LogP contribution in [0.2, 0.25) is 0 Å². The first-order valence-corrected chi connectivity index (χ1v) is 6.36. The van der Waals surface area contributed by atoms with Gasteiger partial charge >= 0.3 is 5.97 Å². The Kier molecular flexibility index (Phi) is 2.33. The quantitative estimate of drug-likeness (QED) is 0.503. The van der Waals surface area contributed by atoms with Crippen molar-refractivity contribution in [1.82, 2.24) is 0 Å². The van der Waals surface area contributed by atoms with E-state index in [1.165, 1.54) is 0 Å². The summed E-state index contributed by atoms with van der Waals surface area (Å²) < 4.78 is 5.05. The molecule has 1 fully saturated rings. The highest BCUT2D eigenvalue weighted by molar-refractivity contribution is 6.49. The van der Waals surface area contributed by atoms with Crippen molar-refractivity contribution in [3.8, 4) is 0 Å². The zero-order valence-corrected chi connectivity index (χ0v) is 10.9. The third-order valence-corrected chi connectivity index (χ3v) is 5.42. The molecule has 0 aromatic carbocycles. The average Bonchev–Trinajstić information content (AvgIpc) is 2.39. The molecule has 6 heteroatoms. The van der Waals surface area contributed by atoms with Crippen LogP contribution < -0.4 is 0 Å². The minimum atomic E-state index is -1.45. The van der Waals surface area contributed by atoms with E-state index in [2.05, 4.69) is 0 Å². The average molecular weight is 300 g/mol. The minimum absolute atomic E-state index is 0.0621. The molecule has 3 aliphatic rings. The van der Waals surface area contributed by atoms with Crippen molar-refractivity contribution >= 4 is 52.4 Å². The lowest BCUT2D eigenvalue weighted by Gasteiger charge is -2.45. The maximum absolute atomic E-state index is 11.5. The molecule has 16 heavy (non-hydrogen) atoms. The fraction of sp³-hybridized carbons (Fsp3) is 0.500. The standard InChI is InChI=1S/C10H6Cl4O2/c11-6-4-2-1-3(4)5-7(12)9(15)16-10(5,14)8(6)13/h3-4H,1-2H2/t3-,4+,10?/m0/s1. The number of carbonyl (C=O) groups excluding carboxylic acids is 1. The van der Waals surface area contributed by atoms with Crippen LogP contribution in [-0.2, 0) is 9.53 Å². The molecular formula is C10H6Cl4O2. The molecule has 1 aliphatic heterocycles. The number of esters is 1. The first-order valence-electron chi connectivity index (χ1n) is 4.85. The molecule has 3 rings (SSSR count). The zero-order valence-electron chi connectivity index (χ0n) is 7.90. The third kappa shape index (κ3) is 1.14. The summed E-state index contributed by atoms with van der Waals surface area (Å²) in [4.78, 5) is 11.5. The van der Waals surface area contributed by atoms with Crippen molar-refractivity contribution in [2.45, 2.75) is 17.9 Å². The summed E-state index contributed by atoms with van der Waals surface area (Å²) in [6, 6.07) is 0. The highest BCUT2D eigenvalue weighted by Crippen LogP contribution is 2.62. The van der Waals surface area contributed by atoms with Crippen LogP contribution in [0.5, 0.6) is 0 Å². The molecular weight excluding hydrogens is 294 g/mol. The van der Waals surface area contributed by atoms with Crippen LogP contribution in [-0.4, -0.2) is 11.0 Å². The molecule has 0 aromatic heterocycles. The van der Waals surface area contributed by atoms with Gasteiger partial charge in [-0.1, -0.05) is 46.4 Å². The predicted octanol–water partition coefficient (Wildman–Crippen LogP) is 3.70. The number of rotatable bonds is 0. The van der Waals surface area contributed by atoms with E-state index in [-0.39, 0.29) is 21.9 Å². The van der Waals surface area contributed by atoms with Crippen LogP contribution in [0.1, 0.15) is 12.8 Å². The molecule has 0 spiro atoms. The van der Waals surface area contributed by atoms with Crippen molar-refractivity contribution in [1.29, 1.82) is 0 Å². The SMILES string of the molecule is O=C1OC2(Cl)C(Cl)=C(Cl)[C@@H]3CC[C@@H]3C2=C1Cl. The molecule has 0 aromatic rings. The van der Waals surface area contributed by atoms with E-state index in [0.717, 1.165) is 12.8 Å². The van der Waals surface area contributed by atoms with Gasteiger partial charge in [-0.05, 0) is 18.8 Å². The lowest BCUT2D eigenvalue weighted by Crippen LogP contribution is -2.42. The summed E-state index contributed by atoms with van der Waals surface area (Å²) in [7, 11) is 0. The van der Waals surface area contributed by atoms with E-state index in [9.17, 15) is 4.79 Å². The topological polar surface area (TPSA) is 26.3 Å². The molecule has 3 atom stereocenters. The van der Waals surface area contributed by atoms with Gasteiger partial charge in [0.2, 0.25) is 5.06 Å². The van der Waals surface area contributed by atoms with Gasteiger partial charge in [0.1, 0.15) is 5.03 Å². The van der Waals surface area contributed by atoms with Crippen LogP contribution in [0.3, 0.4) is 0 Å². The molecule has 1 heterocycles.